The van der Waals surface area contributed by atoms with Gasteiger partial charge in [0.15, 0.2) is 0 Å². The Morgan fingerprint density at radius 1 is 1.18 bits per heavy atom. The number of nitrogens with two attached hydrogens (primary N) is 1. The van der Waals surface area contributed by atoms with E-state index in [-0.39, 0.29) is 0 Å². The zero-order chi connectivity index (χ0) is 12.3. The smallest absolute Gasteiger partial charge is 0.126 e. The second kappa shape index (κ2) is 4.88. The van der Waals surface area contributed by atoms with Crippen LogP contribution in [0.15, 0.2) is 30.6 Å². The van der Waals surface area contributed by atoms with E-state index in [0.717, 1.165) is 23.0 Å². The summed E-state index contributed by atoms with van der Waals surface area (Å²) in [6.07, 6.45) is 3.57. The number of aromatic nitrogens is 2. The molecular weight excluding hydrogens is 218 g/mol. The van der Waals surface area contributed by atoms with Gasteiger partial charge in [-0.25, -0.2) is 4.98 Å². The van der Waals surface area contributed by atoms with Crippen LogP contribution in [0.3, 0.4) is 0 Å². The normalized spacial score (nSPS) is 10.3. The second-order valence-corrected chi connectivity index (χ2v) is 3.49. The van der Waals surface area contributed by atoms with E-state index >= 15 is 0 Å². The number of nitrogens with zero attached hydrogens (tertiary/aromatic N) is 2. The summed E-state index contributed by atoms with van der Waals surface area (Å²) >= 11 is 0. The summed E-state index contributed by atoms with van der Waals surface area (Å²) in [7, 11) is 3.24. The van der Waals surface area contributed by atoms with Crippen LogP contribution in [-0.4, -0.2) is 23.8 Å². The molecule has 17 heavy (non-hydrogen) atoms. The molecule has 0 radical (unpaired) electrons. The van der Waals surface area contributed by atoms with Gasteiger partial charge in [-0.05, 0) is 0 Å². The Kier molecular flexibility index (Phi) is 3.30. The molecule has 0 fully saturated rings. The van der Waals surface area contributed by atoms with Crippen LogP contribution in [0.25, 0.3) is 5.69 Å². The van der Waals surface area contributed by atoms with E-state index in [2.05, 4.69) is 4.98 Å². The Morgan fingerprint density at radius 2 is 1.82 bits per heavy atom. The summed E-state index contributed by atoms with van der Waals surface area (Å²) in [5.41, 5.74) is 6.54. The molecule has 1 aromatic heterocycles. The average molecular weight is 233 g/mol. The third kappa shape index (κ3) is 2.24. The van der Waals surface area contributed by atoms with E-state index in [1.807, 2.05) is 29.0 Å². The van der Waals surface area contributed by atoms with Crippen LogP contribution in [0, 0.1) is 0 Å². The summed E-state index contributed by atoms with van der Waals surface area (Å²) in [5.74, 6) is 2.26. The Hall–Kier alpha value is -2.01. The molecule has 0 spiro atoms. The van der Waals surface area contributed by atoms with Crippen molar-refractivity contribution in [1.82, 2.24) is 9.55 Å². The van der Waals surface area contributed by atoms with Crippen molar-refractivity contribution in [2.45, 2.75) is 6.54 Å². The molecule has 1 aromatic carbocycles. The van der Waals surface area contributed by atoms with E-state index in [1.54, 1.807) is 20.4 Å². The zero-order valence-corrected chi connectivity index (χ0v) is 9.88. The molecule has 0 saturated heterocycles. The van der Waals surface area contributed by atoms with Gasteiger partial charge in [0.2, 0.25) is 0 Å². The molecule has 1 heterocycles. The number of methoxy groups -OCH3 is 2. The number of rotatable bonds is 4. The predicted octanol–water partition coefficient (Wildman–Crippen LogP) is 1.35. The Bertz CT molecular complexity index is 486. The van der Waals surface area contributed by atoms with E-state index < -0.39 is 0 Å². The molecule has 0 aliphatic heterocycles. The fourth-order valence-electron chi connectivity index (χ4n) is 1.65. The largest absolute Gasteiger partial charge is 0.497 e. The summed E-state index contributed by atoms with van der Waals surface area (Å²) < 4.78 is 12.4. The van der Waals surface area contributed by atoms with Gasteiger partial charge >= 0.3 is 0 Å². The summed E-state index contributed by atoms with van der Waals surface area (Å²) in [4.78, 5) is 4.18. The molecule has 0 bridgehead atoms. The number of imidazole rings is 1. The molecule has 0 aliphatic rings. The second-order valence-electron chi connectivity index (χ2n) is 3.49. The lowest BCUT2D eigenvalue weighted by Gasteiger charge is -2.10. The van der Waals surface area contributed by atoms with Crippen molar-refractivity contribution in [3.05, 3.63) is 36.4 Å². The highest BCUT2D eigenvalue weighted by Gasteiger charge is 2.07. The molecule has 2 N–H and O–H groups in total. The van der Waals surface area contributed by atoms with Gasteiger partial charge in [-0.1, -0.05) is 0 Å². The van der Waals surface area contributed by atoms with Crippen LogP contribution in [0.5, 0.6) is 11.5 Å². The molecule has 5 heteroatoms. The first-order valence-corrected chi connectivity index (χ1v) is 5.24. The Labute approximate surface area is 99.8 Å². The summed E-state index contributed by atoms with van der Waals surface area (Å²) in [6.45, 7) is 0.381. The van der Waals surface area contributed by atoms with Gasteiger partial charge in [0.1, 0.15) is 17.3 Å². The van der Waals surface area contributed by atoms with Crippen molar-refractivity contribution in [2.75, 3.05) is 14.2 Å². The molecule has 2 aromatic rings. The molecule has 2 rings (SSSR count). The maximum atomic E-state index is 5.63. The average Bonchev–Trinajstić information content (AvgIpc) is 2.86. The van der Waals surface area contributed by atoms with Gasteiger partial charge in [-0.15, -0.1) is 0 Å². The fourth-order valence-corrected chi connectivity index (χ4v) is 1.65. The van der Waals surface area contributed by atoms with Crippen LogP contribution in [0.2, 0.25) is 0 Å². The minimum Gasteiger partial charge on any atom is -0.497 e. The number of benzene rings is 1. The number of ether oxygens (including phenoxy) is 2. The topological polar surface area (TPSA) is 62.3 Å². The lowest BCUT2D eigenvalue weighted by atomic mass is 10.2. The minimum atomic E-state index is 0.381. The molecule has 0 atom stereocenters. The van der Waals surface area contributed by atoms with Gasteiger partial charge < -0.3 is 19.8 Å². The maximum absolute atomic E-state index is 5.63. The van der Waals surface area contributed by atoms with Crippen molar-refractivity contribution in [3.8, 4) is 17.2 Å². The van der Waals surface area contributed by atoms with E-state index in [9.17, 15) is 0 Å². The number of hydrogen-bond acceptors (Lipinski definition) is 4. The Morgan fingerprint density at radius 3 is 2.35 bits per heavy atom. The molecule has 5 nitrogen and oxygen atoms in total. The van der Waals surface area contributed by atoms with Gasteiger partial charge in [-0.3, -0.25) is 0 Å². The molecule has 90 valence electrons. The molecule has 0 aliphatic carbocycles. The lowest BCUT2D eigenvalue weighted by molar-refractivity contribution is 0.394. The SMILES string of the molecule is COc1cc(OC)cc(-n2ccnc2CN)c1. The molecule has 0 amide bonds. The third-order valence-electron chi connectivity index (χ3n) is 2.51. The van der Waals surface area contributed by atoms with Crippen molar-refractivity contribution in [1.29, 1.82) is 0 Å². The van der Waals surface area contributed by atoms with Crippen molar-refractivity contribution in [3.63, 3.8) is 0 Å². The van der Waals surface area contributed by atoms with Gasteiger partial charge in [0, 0.05) is 30.6 Å². The van der Waals surface area contributed by atoms with Crippen molar-refractivity contribution in [2.24, 2.45) is 5.73 Å². The van der Waals surface area contributed by atoms with Crippen LogP contribution in [0.1, 0.15) is 5.82 Å². The van der Waals surface area contributed by atoms with Gasteiger partial charge in [0.05, 0.1) is 26.5 Å². The maximum Gasteiger partial charge on any atom is 0.126 e. The van der Waals surface area contributed by atoms with Crippen molar-refractivity contribution >= 4 is 0 Å². The first-order chi connectivity index (χ1) is 8.28. The predicted molar refractivity (Wildman–Crippen MR) is 64.6 cm³/mol. The van der Waals surface area contributed by atoms with E-state index in [4.69, 9.17) is 15.2 Å². The Balaban J connectivity index is 2.51. The summed E-state index contributed by atoms with van der Waals surface area (Å²) in [5, 5.41) is 0. The zero-order valence-electron chi connectivity index (χ0n) is 9.88. The monoisotopic (exact) mass is 233 g/mol. The molecular formula is C12H15N3O2. The first-order valence-electron chi connectivity index (χ1n) is 5.24. The van der Waals surface area contributed by atoms with E-state index in [1.165, 1.54) is 0 Å². The lowest BCUT2D eigenvalue weighted by Crippen LogP contribution is -2.06. The van der Waals surface area contributed by atoms with Crippen LogP contribution < -0.4 is 15.2 Å². The minimum absolute atomic E-state index is 0.381. The standard InChI is InChI=1S/C12H15N3O2/c1-16-10-5-9(6-11(7-10)17-2)15-4-3-14-12(15)8-13/h3-7H,8,13H2,1-2H3. The quantitative estimate of drug-likeness (QED) is 0.865. The van der Waals surface area contributed by atoms with E-state index in [0.29, 0.717) is 6.54 Å². The summed E-state index contributed by atoms with van der Waals surface area (Å²) in [6, 6.07) is 5.63. The first kappa shape index (κ1) is 11.5. The van der Waals surface area contributed by atoms with Crippen LogP contribution >= 0.6 is 0 Å². The molecule has 0 saturated carbocycles. The fraction of sp³-hybridized carbons (Fsp3) is 0.250. The van der Waals surface area contributed by atoms with Crippen LogP contribution in [-0.2, 0) is 6.54 Å². The molecule has 0 unspecified atom stereocenters. The third-order valence-corrected chi connectivity index (χ3v) is 2.51. The van der Waals surface area contributed by atoms with Gasteiger partial charge in [0.25, 0.3) is 0 Å². The highest BCUT2D eigenvalue weighted by molar-refractivity contribution is 5.47. The van der Waals surface area contributed by atoms with Gasteiger partial charge in [-0.2, -0.15) is 0 Å². The number of hydrogen-bond donors (Lipinski definition) is 1. The highest BCUT2D eigenvalue weighted by atomic mass is 16.5. The van der Waals surface area contributed by atoms with Crippen LogP contribution in [0.4, 0.5) is 0 Å². The highest BCUT2D eigenvalue weighted by Crippen LogP contribution is 2.25. The van der Waals surface area contributed by atoms with Crippen molar-refractivity contribution < 1.29 is 9.47 Å².